The van der Waals surface area contributed by atoms with Gasteiger partial charge in [0, 0.05) is 32.7 Å². The lowest BCUT2D eigenvalue weighted by molar-refractivity contribution is 0.233. The highest BCUT2D eigenvalue weighted by atomic mass is 15.3. The van der Waals surface area contributed by atoms with Crippen molar-refractivity contribution in [3.05, 3.63) is 23.3 Å². The van der Waals surface area contributed by atoms with E-state index in [0.29, 0.717) is 0 Å². The highest BCUT2D eigenvalue weighted by Crippen LogP contribution is 2.14. The summed E-state index contributed by atoms with van der Waals surface area (Å²) in [6.45, 7) is 8.52. The van der Waals surface area contributed by atoms with Crippen LogP contribution in [0, 0.1) is 0 Å². The molecule has 0 amide bonds. The summed E-state index contributed by atoms with van der Waals surface area (Å²) in [5.41, 5.74) is 3.10. The van der Waals surface area contributed by atoms with Crippen LogP contribution in [0.2, 0.25) is 0 Å². The Balaban J connectivity index is 1.66. The molecule has 0 spiro atoms. The molecule has 0 aliphatic carbocycles. The zero-order valence-electron chi connectivity index (χ0n) is 9.61. The molecular formula is C11H17N5. The third-order valence-corrected chi connectivity index (χ3v) is 3.46. The van der Waals surface area contributed by atoms with Crippen molar-refractivity contribution in [3.8, 4) is 0 Å². The maximum atomic E-state index is 4.14. The molecule has 3 rings (SSSR count). The van der Waals surface area contributed by atoms with Crippen molar-refractivity contribution in [2.24, 2.45) is 0 Å². The smallest absolute Gasteiger partial charge is 0.147 e. The Bertz CT molecular complexity index is 414. The Morgan fingerprint density at radius 2 is 2.31 bits per heavy atom. The van der Waals surface area contributed by atoms with Gasteiger partial charge >= 0.3 is 0 Å². The molecule has 5 nitrogen and oxygen atoms in total. The minimum absolute atomic E-state index is 0.929. The molecule has 2 aliphatic heterocycles. The number of nitrogens with one attached hydrogen (secondary N) is 1. The van der Waals surface area contributed by atoms with E-state index in [1.54, 1.807) is 5.57 Å². The van der Waals surface area contributed by atoms with Crippen LogP contribution in [0.15, 0.2) is 17.5 Å². The molecule has 1 saturated heterocycles. The predicted octanol–water partition coefficient (Wildman–Crippen LogP) is 0.0134. The summed E-state index contributed by atoms with van der Waals surface area (Å²) in [5, 5.41) is 11.4. The zero-order chi connectivity index (χ0) is 11.0. The second-order valence-corrected chi connectivity index (χ2v) is 4.64. The van der Waals surface area contributed by atoms with Gasteiger partial charge in [0.1, 0.15) is 12.2 Å². The molecule has 0 aromatic carbocycles. The van der Waals surface area contributed by atoms with E-state index in [-0.39, 0.29) is 0 Å². The highest BCUT2D eigenvalue weighted by molar-refractivity contribution is 5.22. The quantitative estimate of drug-likeness (QED) is 0.712. The first-order valence-corrected chi connectivity index (χ1v) is 5.80. The van der Waals surface area contributed by atoms with Crippen LogP contribution in [0.4, 0.5) is 0 Å². The van der Waals surface area contributed by atoms with E-state index >= 15 is 0 Å². The van der Waals surface area contributed by atoms with Crippen molar-refractivity contribution in [1.29, 1.82) is 0 Å². The minimum atomic E-state index is 0.929. The summed E-state index contributed by atoms with van der Waals surface area (Å²) in [6, 6.07) is 0. The van der Waals surface area contributed by atoms with Crippen LogP contribution in [0.1, 0.15) is 12.7 Å². The van der Waals surface area contributed by atoms with Crippen LogP contribution in [-0.4, -0.2) is 45.8 Å². The van der Waals surface area contributed by atoms with Crippen molar-refractivity contribution in [2.75, 3.05) is 26.2 Å². The zero-order valence-corrected chi connectivity index (χ0v) is 9.61. The minimum Gasteiger partial charge on any atom is -0.315 e. The third-order valence-electron chi connectivity index (χ3n) is 3.46. The first kappa shape index (κ1) is 9.99. The number of hydrogen-bond donors (Lipinski definition) is 1. The maximum absolute atomic E-state index is 4.14. The van der Waals surface area contributed by atoms with Gasteiger partial charge in [-0.2, -0.15) is 0 Å². The highest BCUT2D eigenvalue weighted by Gasteiger charge is 2.19. The average molecular weight is 219 g/mol. The van der Waals surface area contributed by atoms with Crippen LogP contribution >= 0.6 is 0 Å². The third kappa shape index (κ3) is 1.76. The number of rotatable bonds is 2. The molecule has 0 atom stereocenters. The Hall–Kier alpha value is -1.20. The lowest BCUT2D eigenvalue weighted by Gasteiger charge is -2.29. The summed E-state index contributed by atoms with van der Waals surface area (Å²) < 4.78 is 2.14. The molecule has 5 heteroatoms. The van der Waals surface area contributed by atoms with Gasteiger partial charge in [0.05, 0.1) is 6.54 Å². The molecular weight excluding hydrogens is 202 g/mol. The molecule has 1 N–H and O–H groups in total. The van der Waals surface area contributed by atoms with Crippen molar-refractivity contribution in [1.82, 2.24) is 25.0 Å². The first-order chi connectivity index (χ1) is 7.83. The Kier molecular flexibility index (Phi) is 2.49. The second kappa shape index (κ2) is 3.99. The molecule has 0 unspecified atom stereocenters. The van der Waals surface area contributed by atoms with Gasteiger partial charge in [0.2, 0.25) is 0 Å². The largest absolute Gasteiger partial charge is 0.315 e. The van der Waals surface area contributed by atoms with Crippen molar-refractivity contribution in [3.63, 3.8) is 0 Å². The van der Waals surface area contributed by atoms with E-state index < -0.39 is 0 Å². The molecule has 0 saturated carbocycles. The van der Waals surface area contributed by atoms with Gasteiger partial charge in [-0.05, 0) is 12.5 Å². The van der Waals surface area contributed by atoms with E-state index in [2.05, 4.69) is 31.9 Å². The number of fused-ring (bicyclic) bond motifs is 1. The average Bonchev–Trinajstić information content (AvgIpc) is 2.61. The van der Waals surface area contributed by atoms with Crippen LogP contribution in [0.3, 0.4) is 0 Å². The van der Waals surface area contributed by atoms with Gasteiger partial charge in [0.15, 0.2) is 0 Å². The fourth-order valence-electron chi connectivity index (χ4n) is 2.25. The lowest BCUT2D eigenvalue weighted by atomic mass is 10.0. The fraction of sp³-hybridized carbons (Fsp3) is 0.636. The van der Waals surface area contributed by atoms with Gasteiger partial charge in [-0.25, -0.2) is 0 Å². The summed E-state index contributed by atoms with van der Waals surface area (Å²) in [6.07, 6.45) is 1.83. The van der Waals surface area contributed by atoms with E-state index in [1.165, 1.54) is 5.57 Å². The molecule has 0 bridgehead atoms. The van der Waals surface area contributed by atoms with Crippen LogP contribution in [0.5, 0.6) is 0 Å². The maximum Gasteiger partial charge on any atom is 0.147 e. The van der Waals surface area contributed by atoms with E-state index in [0.717, 1.165) is 45.1 Å². The fourth-order valence-corrected chi connectivity index (χ4v) is 2.25. The van der Waals surface area contributed by atoms with Gasteiger partial charge in [-0.15, -0.1) is 10.2 Å². The van der Waals surface area contributed by atoms with E-state index in [9.17, 15) is 0 Å². The number of hydrogen-bond acceptors (Lipinski definition) is 4. The van der Waals surface area contributed by atoms with Gasteiger partial charge in [-0.1, -0.05) is 5.57 Å². The molecule has 86 valence electrons. The molecule has 0 radical (unpaired) electrons. The molecule has 1 aromatic heterocycles. The van der Waals surface area contributed by atoms with Crippen molar-refractivity contribution >= 4 is 0 Å². The van der Waals surface area contributed by atoms with Crippen molar-refractivity contribution < 1.29 is 0 Å². The Morgan fingerprint density at radius 3 is 3.06 bits per heavy atom. The van der Waals surface area contributed by atoms with Crippen LogP contribution in [-0.2, 0) is 13.1 Å². The number of aromatic nitrogens is 3. The Labute approximate surface area is 95.2 Å². The standard InChI is InChI=1S/C11H17N5/c1-9(10-4-12-5-10)6-15-2-3-16-8-13-14-11(16)7-15/h8,12H,2-7H2,1H3. The van der Waals surface area contributed by atoms with Gasteiger partial charge < -0.3 is 9.88 Å². The molecule has 1 fully saturated rings. The van der Waals surface area contributed by atoms with Gasteiger partial charge in [-0.3, -0.25) is 4.90 Å². The van der Waals surface area contributed by atoms with Crippen molar-refractivity contribution in [2.45, 2.75) is 20.0 Å². The molecule has 2 aliphatic rings. The topological polar surface area (TPSA) is 46.0 Å². The predicted molar refractivity (Wildman–Crippen MR) is 60.9 cm³/mol. The number of nitrogens with zero attached hydrogens (tertiary/aromatic N) is 4. The first-order valence-electron chi connectivity index (χ1n) is 5.80. The molecule has 3 heterocycles. The SMILES string of the molecule is CC(CN1CCn2cnnc2C1)=C1CNC1. The molecule has 1 aromatic rings. The summed E-state index contributed by atoms with van der Waals surface area (Å²) >= 11 is 0. The normalized spacial score (nSPS) is 20.4. The monoisotopic (exact) mass is 219 g/mol. The van der Waals surface area contributed by atoms with E-state index in [1.807, 2.05) is 6.33 Å². The Morgan fingerprint density at radius 1 is 1.44 bits per heavy atom. The lowest BCUT2D eigenvalue weighted by Crippen LogP contribution is -2.38. The van der Waals surface area contributed by atoms with E-state index in [4.69, 9.17) is 0 Å². The van der Waals surface area contributed by atoms with Crippen LogP contribution < -0.4 is 5.32 Å². The van der Waals surface area contributed by atoms with Crippen LogP contribution in [0.25, 0.3) is 0 Å². The summed E-state index contributed by atoms with van der Waals surface area (Å²) in [7, 11) is 0. The summed E-state index contributed by atoms with van der Waals surface area (Å²) in [4.78, 5) is 2.45. The molecule has 16 heavy (non-hydrogen) atoms. The second-order valence-electron chi connectivity index (χ2n) is 4.64. The van der Waals surface area contributed by atoms with Gasteiger partial charge in [0.25, 0.3) is 0 Å². The summed E-state index contributed by atoms with van der Waals surface area (Å²) in [5.74, 6) is 1.09.